The van der Waals surface area contributed by atoms with Gasteiger partial charge in [0, 0.05) is 17.5 Å². The number of rotatable bonds is 4. The minimum absolute atomic E-state index is 0.0150. The van der Waals surface area contributed by atoms with Gasteiger partial charge in [0.25, 0.3) is 0 Å². The third-order valence-electron chi connectivity index (χ3n) is 3.54. The smallest absolute Gasteiger partial charge is 0.162 e. The van der Waals surface area contributed by atoms with E-state index >= 15 is 0 Å². The van der Waals surface area contributed by atoms with E-state index in [2.05, 4.69) is 0 Å². The van der Waals surface area contributed by atoms with Crippen LogP contribution < -0.4 is 9.47 Å². The molecular formula is C13H17ClO5S. The summed E-state index contributed by atoms with van der Waals surface area (Å²) >= 11 is 6.14. The molecule has 112 valence electrons. The molecule has 1 saturated heterocycles. The highest BCUT2D eigenvalue weighted by Gasteiger charge is 2.34. The van der Waals surface area contributed by atoms with E-state index in [9.17, 15) is 13.5 Å². The van der Waals surface area contributed by atoms with Gasteiger partial charge >= 0.3 is 0 Å². The molecule has 0 aliphatic carbocycles. The standard InChI is InChI=1S/C13H17ClO5S/c1-18-11-5-9(10(14)6-12(11)19-2)13(15)8-3-4-20(16,17)7-8/h5-6,8,13,15H,3-4,7H2,1-2H3. The summed E-state index contributed by atoms with van der Waals surface area (Å²) in [6.45, 7) is 0. The molecule has 5 nitrogen and oxygen atoms in total. The zero-order valence-electron chi connectivity index (χ0n) is 11.3. The Morgan fingerprint density at radius 2 is 1.90 bits per heavy atom. The lowest BCUT2D eigenvalue weighted by atomic mass is 9.95. The van der Waals surface area contributed by atoms with E-state index in [1.807, 2.05) is 0 Å². The number of aliphatic hydroxyl groups is 1. The Morgan fingerprint density at radius 1 is 1.30 bits per heavy atom. The Balaban J connectivity index is 2.33. The first-order valence-electron chi connectivity index (χ1n) is 6.18. The molecule has 2 rings (SSSR count). The number of benzene rings is 1. The van der Waals surface area contributed by atoms with E-state index in [-0.39, 0.29) is 17.4 Å². The van der Waals surface area contributed by atoms with Gasteiger partial charge in [0.15, 0.2) is 21.3 Å². The van der Waals surface area contributed by atoms with Gasteiger partial charge in [0.1, 0.15) is 0 Å². The normalized spacial score (nSPS) is 22.5. The van der Waals surface area contributed by atoms with Crippen LogP contribution in [0.4, 0.5) is 0 Å². The van der Waals surface area contributed by atoms with Gasteiger partial charge in [-0.1, -0.05) is 11.6 Å². The third kappa shape index (κ3) is 3.02. The molecule has 1 aromatic rings. The van der Waals surface area contributed by atoms with Gasteiger partial charge in [-0.2, -0.15) is 0 Å². The molecule has 0 aromatic heterocycles. The van der Waals surface area contributed by atoms with Gasteiger partial charge < -0.3 is 14.6 Å². The molecule has 7 heteroatoms. The average Bonchev–Trinajstić information content (AvgIpc) is 2.78. The van der Waals surface area contributed by atoms with Crippen molar-refractivity contribution < 1.29 is 23.0 Å². The van der Waals surface area contributed by atoms with Crippen molar-refractivity contribution in [1.82, 2.24) is 0 Å². The lowest BCUT2D eigenvalue weighted by Crippen LogP contribution is -2.15. The van der Waals surface area contributed by atoms with Crippen molar-refractivity contribution in [2.45, 2.75) is 12.5 Å². The Bertz CT molecular complexity index is 599. The van der Waals surface area contributed by atoms with E-state index < -0.39 is 15.9 Å². The van der Waals surface area contributed by atoms with Crippen molar-refractivity contribution >= 4 is 21.4 Å². The first kappa shape index (κ1) is 15.4. The Kier molecular flexibility index (Phi) is 4.46. The molecule has 0 bridgehead atoms. The molecule has 0 radical (unpaired) electrons. The molecule has 2 unspecified atom stereocenters. The van der Waals surface area contributed by atoms with Crippen molar-refractivity contribution in [3.05, 3.63) is 22.7 Å². The highest BCUT2D eigenvalue weighted by atomic mass is 35.5. The maximum Gasteiger partial charge on any atom is 0.162 e. The van der Waals surface area contributed by atoms with E-state index in [0.717, 1.165) is 0 Å². The van der Waals surface area contributed by atoms with Gasteiger partial charge in [-0.25, -0.2) is 8.42 Å². The van der Waals surface area contributed by atoms with E-state index in [1.165, 1.54) is 14.2 Å². The van der Waals surface area contributed by atoms with Crippen molar-refractivity contribution in [1.29, 1.82) is 0 Å². The summed E-state index contributed by atoms with van der Waals surface area (Å²) in [5.74, 6) is 0.674. The van der Waals surface area contributed by atoms with Crippen LogP contribution in [0.25, 0.3) is 0 Å². The summed E-state index contributed by atoms with van der Waals surface area (Å²) in [4.78, 5) is 0. The monoisotopic (exact) mass is 320 g/mol. The summed E-state index contributed by atoms with van der Waals surface area (Å²) in [6.07, 6.45) is -0.492. The van der Waals surface area contributed by atoms with E-state index in [0.29, 0.717) is 28.5 Å². The summed E-state index contributed by atoms with van der Waals surface area (Å²) in [7, 11) is -0.0670. The topological polar surface area (TPSA) is 72.8 Å². The van der Waals surface area contributed by atoms with Crippen LogP contribution in [0.2, 0.25) is 5.02 Å². The fraction of sp³-hybridized carbons (Fsp3) is 0.538. The molecule has 1 fully saturated rings. The molecule has 1 aliphatic heterocycles. The highest BCUT2D eigenvalue weighted by Crippen LogP contribution is 2.40. The number of aliphatic hydroxyl groups excluding tert-OH is 1. The molecule has 0 saturated carbocycles. The molecule has 0 spiro atoms. The predicted molar refractivity (Wildman–Crippen MR) is 76.3 cm³/mol. The molecule has 1 heterocycles. The van der Waals surface area contributed by atoms with E-state index in [4.69, 9.17) is 21.1 Å². The van der Waals surface area contributed by atoms with Crippen molar-refractivity contribution in [2.75, 3.05) is 25.7 Å². The Hall–Kier alpha value is -0.980. The second kappa shape index (κ2) is 5.79. The molecule has 20 heavy (non-hydrogen) atoms. The Morgan fingerprint density at radius 3 is 2.40 bits per heavy atom. The van der Waals surface area contributed by atoms with Crippen LogP contribution in [0, 0.1) is 5.92 Å². The molecule has 2 atom stereocenters. The van der Waals surface area contributed by atoms with Gasteiger partial charge in [0.05, 0.1) is 36.9 Å². The zero-order valence-corrected chi connectivity index (χ0v) is 12.9. The number of halogens is 1. The van der Waals surface area contributed by atoms with Crippen molar-refractivity contribution in [2.24, 2.45) is 5.92 Å². The number of sulfone groups is 1. The number of ether oxygens (including phenoxy) is 2. The maximum atomic E-state index is 11.5. The van der Waals surface area contributed by atoms with Gasteiger partial charge in [-0.3, -0.25) is 0 Å². The first-order chi connectivity index (χ1) is 9.38. The summed E-state index contributed by atoms with van der Waals surface area (Å²) < 4.78 is 33.3. The highest BCUT2D eigenvalue weighted by molar-refractivity contribution is 7.91. The van der Waals surface area contributed by atoms with Crippen LogP contribution in [0.1, 0.15) is 18.1 Å². The number of methoxy groups -OCH3 is 2. The third-order valence-corrected chi connectivity index (χ3v) is 5.66. The largest absolute Gasteiger partial charge is 0.493 e. The van der Waals surface area contributed by atoms with Crippen LogP contribution in [0.15, 0.2) is 12.1 Å². The fourth-order valence-electron chi connectivity index (χ4n) is 2.42. The number of hydrogen-bond acceptors (Lipinski definition) is 5. The molecular weight excluding hydrogens is 304 g/mol. The zero-order chi connectivity index (χ0) is 14.9. The maximum absolute atomic E-state index is 11.5. The average molecular weight is 321 g/mol. The SMILES string of the molecule is COc1cc(Cl)c(C(O)C2CCS(=O)(=O)C2)cc1OC. The quantitative estimate of drug-likeness (QED) is 0.916. The minimum atomic E-state index is -3.05. The van der Waals surface area contributed by atoms with E-state index in [1.54, 1.807) is 12.1 Å². The van der Waals surface area contributed by atoms with Crippen LogP contribution in [0.3, 0.4) is 0 Å². The van der Waals surface area contributed by atoms with Crippen molar-refractivity contribution in [3.63, 3.8) is 0 Å². The summed E-state index contributed by atoms with van der Waals surface area (Å²) in [5.41, 5.74) is 0.464. The van der Waals surface area contributed by atoms with Gasteiger partial charge in [-0.15, -0.1) is 0 Å². The lowest BCUT2D eigenvalue weighted by Gasteiger charge is -2.20. The molecule has 1 aromatic carbocycles. The predicted octanol–water partition coefficient (Wildman–Crippen LogP) is 1.83. The van der Waals surface area contributed by atoms with Crippen LogP contribution in [-0.2, 0) is 9.84 Å². The first-order valence-corrected chi connectivity index (χ1v) is 8.38. The van der Waals surface area contributed by atoms with Crippen LogP contribution in [-0.4, -0.2) is 39.2 Å². The lowest BCUT2D eigenvalue weighted by molar-refractivity contribution is 0.121. The second-order valence-corrected chi connectivity index (χ2v) is 7.47. The molecule has 0 amide bonds. The van der Waals surface area contributed by atoms with Gasteiger partial charge in [0.2, 0.25) is 0 Å². The fourth-order valence-corrected chi connectivity index (χ4v) is 4.52. The minimum Gasteiger partial charge on any atom is -0.493 e. The second-order valence-electron chi connectivity index (χ2n) is 4.84. The molecule has 1 N–H and O–H groups in total. The van der Waals surface area contributed by atoms with Gasteiger partial charge in [-0.05, 0) is 12.5 Å². The molecule has 1 aliphatic rings. The summed E-state index contributed by atoms with van der Waals surface area (Å²) in [6, 6.07) is 3.15. The van der Waals surface area contributed by atoms with Crippen molar-refractivity contribution in [3.8, 4) is 11.5 Å². The van der Waals surface area contributed by atoms with Crippen LogP contribution >= 0.6 is 11.6 Å². The number of hydrogen-bond donors (Lipinski definition) is 1. The summed E-state index contributed by atoms with van der Waals surface area (Å²) in [5, 5.41) is 10.7. The Labute approximate surface area is 123 Å². The van der Waals surface area contributed by atoms with Crippen LogP contribution in [0.5, 0.6) is 11.5 Å².